The molecule has 3 N–H and O–H groups in total. The van der Waals surface area contributed by atoms with E-state index in [-0.39, 0.29) is 34.7 Å². The Kier molecular flexibility index (Phi) is 5.71. The standard InChI is InChI=1S/C31H28O7/c1-35-25-13-17(5-10-23(25)33)28-29-22-7-4-16-12-19(32)6-8-20(16)21(22)9-11-24(29)38-31(28)18-14-26(36-2)30(34)27(15-18)37-3/h5-6,8-15,28,31-34H,4,7H2,1-3H3/t28-,31+/m1/s1. The lowest BCUT2D eigenvalue weighted by Crippen LogP contribution is -2.14. The van der Waals surface area contributed by atoms with E-state index in [0.717, 1.165) is 52.0 Å². The van der Waals surface area contributed by atoms with Crippen molar-refractivity contribution < 1.29 is 34.3 Å². The van der Waals surface area contributed by atoms with E-state index >= 15 is 0 Å². The number of fused-ring (bicyclic) bond motifs is 5. The molecule has 0 spiro atoms. The molecule has 1 aliphatic heterocycles. The second-order valence-electron chi connectivity index (χ2n) is 9.57. The van der Waals surface area contributed by atoms with Gasteiger partial charge in [0.15, 0.2) is 23.0 Å². The summed E-state index contributed by atoms with van der Waals surface area (Å²) < 4.78 is 23.0. The van der Waals surface area contributed by atoms with Crippen LogP contribution in [0.3, 0.4) is 0 Å². The van der Waals surface area contributed by atoms with Crippen LogP contribution < -0.4 is 18.9 Å². The van der Waals surface area contributed by atoms with Gasteiger partial charge in [0.2, 0.25) is 5.75 Å². The van der Waals surface area contributed by atoms with Crippen molar-refractivity contribution in [1.29, 1.82) is 0 Å². The molecule has 4 aromatic rings. The highest BCUT2D eigenvalue weighted by Gasteiger charge is 2.41. The lowest BCUT2D eigenvalue weighted by molar-refractivity contribution is 0.220. The van der Waals surface area contributed by atoms with Crippen molar-refractivity contribution in [2.45, 2.75) is 24.9 Å². The molecular formula is C31H28O7. The number of rotatable bonds is 5. The van der Waals surface area contributed by atoms with Crippen LogP contribution in [0.25, 0.3) is 11.1 Å². The Labute approximate surface area is 220 Å². The number of methoxy groups -OCH3 is 3. The van der Waals surface area contributed by atoms with Gasteiger partial charge in [-0.05, 0) is 83.1 Å². The highest BCUT2D eigenvalue weighted by atomic mass is 16.5. The zero-order chi connectivity index (χ0) is 26.6. The van der Waals surface area contributed by atoms with Gasteiger partial charge in [-0.2, -0.15) is 0 Å². The fourth-order valence-corrected chi connectivity index (χ4v) is 5.84. The molecule has 7 heteroatoms. The zero-order valence-electron chi connectivity index (χ0n) is 21.3. The predicted molar refractivity (Wildman–Crippen MR) is 142 cm³/mol. The normalized spacial score (nSPS) is 17.1. The van der Waals surface area contributed by atoms with Gasteiger partial charge in [-0.15, -0.1) is 0 Å². The van der Waals surface area contributed by atoms with Crippen molar-refractivity contribution in [3.8, 4) is 51.4 Å². The summed E-state index contributed by atoms with van der Waals surface area (Å²) in [6.07, 6.45) is 1.12. The van der Waals surface area contributed by atoms with Gasteiger partial charge in [-0.1, -0.05) is 18.2 Å². The van der Waals surface area contributed by atoms with E-state index in [1.54, 1.807) is 24.3 Å². The SMILES string of the molecule is COc1cc([C@@H]2c3c(ccc4c3CCc3cc(O)ccc3-4)O[C@H]2c2cc(OC)c(O)c(OC)c2)ccc1O. The second-order valence-corrected chi connectivity index (χ2v) is 9.57. The largest absolute Gasteiger partial charge is 0.508 e. The first-order valence-corrected chi connectivity index (χ1v) is 12.4. The number of ether oxygens (including phenoxy) is 4. The number of phenolic OH excluding ortho intramolecular Hbond substituents is 3. The van der Waals surface area contributed by atoms with Crippen molar-refractivity contribution in [3.05, 3.63) is 88.5 Å². The first-order chi connectivity index (χ1) is 18.4. The molecule has 0 saturated carbocycles. The second kappa shape index (κ2) is 9.10. The third-order valence-electron chi connectivity index (χ3n) is 7.60. The maximum atomic E-state index is 10.5. The number of phenols is 3. The van der Waals surface area contributed by atoms with Gasteiger partial charge in [0.05, 0.1) is 27.2 Å². The quantitative estimate of drug-likeness (QED) is 0.308. The van der Waals surface area contributed by atoms with Crippen LogP contribution in [0.4, 0.5) is 0 Å². The van der Waals surface area contributed by atoms with Crippen molar-refractivity contribution in [1.82, 2.24) is 0 Å². The lowest BCUT2D eigenvalue weighted by Gasteiger charge is -2.26. The maximum Gasteiger partial charge on any atom is 0.200 e. The fraction of sp³-hybridized carbons (Fsp3) is 0.226. The number of aromatic hydroxyl groups is 3. The fourth-order valence-electron chi connectivity index (χ4n) is 5.84. The molecule has 1 aliphatic carbocycles. The minimum absolute atomic E-state index is 0.0590. The van der Waals surface area contributed by atoms with Crippen LogP contribution >= 0.6 is 0 Å². The molecule has 194 valence electrons. The summed E-state index contributed by atoms with van der Waals surface area (Å²) in [5.41, 5.74) is 7.29. The summed E-state index contributed by atoms with van der Waals surface area (Å²) >= 11 is 0. The number of hydrogen-bond acceptors (Lipinski definition) is 7. The topological polar surface area (TPSA) is 97.6 Å². The molecule has 2 aliphatic rings. The minimum Gasteiger partial charge on any atom is -0.508 e. The zero-order valence-corrected chi connectivity index (χ0v) is 21.3. The minimum atomic E-state index is -0.463. The van der Waals surface area contributed by atoms with E-state index in [4.69, 9.17) is 18.9 Å². The third-order valence-corrected chi connectivity index (χ3v) is 7.60. The highest BCUT2D eigenvalue weighted by Crippen LogP contribution is 2.55. The summed E-state index contributed by atoms with van der Waals surface area (Å²) in [4.78, 5) is 0. The summed E-state index contributed by atoms with van der Waals surface area (Å²) in [5.74, 6) is 1.74. The van der Waals surface area contributed by atoms with E-state index in [1.165, 1.54) is 26.9 Å². The Hall–Kier alpha value is -4.52. The van der Waals surface area contributed by atoms with Gasteiger partial charge in [-0.25, -0.2) is 0 Å². The Morgan fingerprint density at radius 1 is 0.711 bits per heavy atom. The van der Waals surface area contributed by atoms with Gasteiger partial charge >= 0.3 is 0 Å². The third kappa shape index (κ3) is 3.65. The van der Waals surface area contributed by atoms with Crippen LogP contribution in [0.15, 0.2) is 60.7 Å². The number of hydrogen-bond donors (Lipinski definition) is 3. The molecule has 2 atom stereocenters. The van der Waals surface area contributed by atoms with E-state index in [1.807, 2.05) is 30.3 Å². The van der Waals surface area contributed by atoms with Crippen molar-refractivity contribution >= 4 is 0 Å². The predicted octanol–water partition coefficient (Wildman–Crippen LogP) is 5.86. The maximum absolute atomic E-state index is 10.5. The Balaban J connectivity index is 1.57. The average Bonchev–Trinajstić information content (AvgIpc) is 3.33. The molecule has 7 nitrogen and oxygen atoms in total. The van der Waals surface area contributed by atoms with Crippen LogP contribution in [0, 0.1) is 0 Å². The Bertz CT molecular complexity index is 1530. The smallest absolute Gasteiger partial charge is 0.200 e. The summed E-state index contributed by atoms with van der Waals surface area (Å²) in [5, 5.41) is 30.9. The molecule has 38 heavy (non-hydrogen) atoms. The van der Waals surface area contributed by atoms with E-state index in [9.17, 15) is 15.3 Å². The molecule has 0 fully saturated rings. The highest BCUT2D eigenvalue weighted by molar-refractivity contribution is 5.77. The monoisotopic (exact) mass is 512 g/mol. The van der Waals surface area contributed by atoms with E-state index < -0.39 is 6.10 Å². The van der Waals surface area contributed by atoms with Gasteiger partial charge in [0.25, 0.3) is 0 Å². The van der Waals surface area contributed by atoms with Crippen LogP contribution in [0.5, 0.6) is 40.2 Å². The van der Waals surface area contributed by atoms with Crippen LogP contribution in [-0.2, 0) is 12.8 Å². The lowest BCUT2D eigenvalue weighted by atomic mass is 9.77. The van der Waals surface area contributed by atoms with Crippen molar-refractivity contribution in [2.24, 2.45) is 0 Å². The first kappa shape index (κ1) is 23.9. The molecule has 6 rings (SSSR count). The molecule has 4 aromatic carbocycles. The Morgan fingerprint density at radius 2 is 1.39 bits per heavy atom. The van der Waals surface area contributed by atoms with Crippen LogP contribution in [0.2, 0.25) is 0 Å². The molecule has 0 saturated heterocycles. The van der Waals surface area contributed by atoms with Gasteiger partial charge in [0, 0.05) is 11.1 Å². The summed E-state index contributed by atoms with van der Waals surface area (Å²) in [7, 11) is 4.52. The van der Waals surface area contributed by atoms with E-state index in [0.29, 0.717) is 5.75 Å². The van der Waals surface area contributed by atoms with Crippen LogP contribution in [-0.4, -0.2) is 36.6 Å². The number of aryl methyl sites for hydroxylation is 1. The first-order valence-electron chi connectivity index (χ1n) is 12.4. The molecule has 0 aromatic heterocycles. The molecule has 0 radical (unpaired) electrons. The average molecular weight is 513 g/mol. The summed E-state index contributed by atoms with van der Waals surface area (Å²) in [6.45, 7) is 0. The molecule has 0 unspecified atom stereocenters. The van der Waals surface area contributed by atoms with Gasteiger partial charge in [0.1, 0.15) is 17.6 Å². The Morgan fingerprint density at radius 3 is 2.11 bits per heavy atom. The molecular weight excluding hydrogens is 484 g/mol. The molecule has 1 heterocycles. The molecule has 0 amide bonds. The van der Waals surface area contributed by atoms with E-state index in [2.05, 4.69) is 6.07 Å². The van der Waals surface area contributed by atoms with Crippen molar-refractivity contribution in [3.63, 3.8) is 0 Å². The van der Waals surface area contributed by atoms with Gasteiger partial charge in [-0.3, -0.25) is 0 Å². The number of benzene rings is 4. The summed E-state index contributed by atoms with van der Waals surface area (Å²) in [6, 6.07) is 18.5. The van der Waals surface area contributed by atoms with Gasteiger partial charge < -0.3 is 34.3 Å². The van der Waals surface area contributed by atoms with Crippen LogP contribution in [0.1, 0.15) is 39.8 Å². The van der Waals surface area contributed by atoms with Crippen molar-refractivity contribution in [2.75, 3.05) is 21.3 Å². The molecule has 0 bridgehead atoms.